The third-order valence-electron chi connectivity index (χ3n) is 3.93. The maximum atomic E-state index is 13.5. The van der Waals surface area contributed by atoms with Gasteiger partial charge in [-0.2, -0.15) is 0 Å². The average molecular weight is 361 g/mol. The van der Waals surface area contributed by atoms with E-state index in [1.54, 1.807) is 4.90 Å². The number of benzene rings is 1. The second-order valence-electron chi connectivity index (χ2n) is 5.84. The lowest BCUT2D eigenvalue weighted by Gasteiger charge is -2.32. The minimum absolute atomic E-state index is 0.152. The van der Waals surface area contributed by atoms with Crippen LogP contribution in [0.4, 0.5) is 17.6 Å². The van der Waals surface area contributed by atoms with Crippen molar-refractivity contribution in [1.82, 2.24) is 15.5 Å². The van der Waals surface area contributed by atoms with Crippen molar-refractivity contribution in [1.29, 1.82) is 0 Å². The molecule has 0 aromatic heterocycles. The van der Waals surface area contributed by atoms with Gasteiger partial charge in [0.05, 0.1) is 18.7 Å². The third-order valence-corrected chi connectivity index (χ3v) is 3.93. The van der Waals surface area contributed by atoms with Crippen LogP contribution in [0.1, 0.15) is 23.2 Å². The molecule has 1 aliphatic rings. The highest BCUT2D eigenvalue weighted by atomic mass is 19.3. The quantitative estimate of drug-likeness (QED) is 0.756. The second kappa shape index (κ2) is 8.80. The number of amides is 2. The van der Waals surface area contributed by atoms with E-state index in [4.69, 9.17) is 0 Å². The van der Waals surface area contributed by atoms with Crippen LogP contribution in [0.3, 0.4) is 0 Å². The van der Waals surface area contributed by atoms with Gasteiger partial charge in [0.15, 0.2) is 0 Å². The first-order chi connectivity index (χ1) is 11.8. The molecule has 2 amide bonds. The summed E-state index contributed by atoms with van der Waals surface area (Å²) < 4.78 is 50.9. The van der Waals surface area contributed by atoms with Crippen molar-refractivity contribution in [3.63, 3.8) is 0 Å². The number of halogens is 4. The zero-order chi connectivity index (χ0) is 18.4. The van der Waals surface area contributed by atoms with Crippen molar-refractivity contribution in [2.75, 3.05) is 26.2 Å². The number of carbonyl (C=O) groups is 2. The second-order valence-corrected chi connectivity index (χ2v) is 5.84. The van der Waals surface area contributed by atoms with Gasteiger partial charge in [-0.05, 0) is 25.0 Å². The fourth-order valence-electron chi connectivity index (χ4n) is 2.66. The largest absolute Gasteiger partial charge is 0.352 e. The van der Waals surface area contributed by atoms with Crippen LogP contribution < -0.4 is 10.6 Å². The molecule has 0 atom stereocenters. The van der Waals surface area contributed by atoms with Gasteiger partial charge in [0, 0.05) is 25.2 Å². The van der Waals surface area contributed by atoms with Crippen molar-refractivity contribution in [2.45, 2.75) is 25.3 Å². The molecule has 25 heavy (non-hydrogen) atoms. The fourth-order valence-corrected chi connectivity index (χ4v) is 2.66. The highest BCUT2D eigenvalue weighted by Gasteiger charge is 2.22. The first-order valence-corrected chi connectivity index (χ1v) is 7.88. The lowest BCUT2D eigenvalue weighted by molar-refractivity contribution is -0.121. The Morgan fingerprint density at radius 3 is 2.48 bits per heavy atom. The van der Waals surface area contributed by atoms with Gasteiger partial charge >= 0.3 is 0 Å². The summed E-state index contributed by atoms with van der Waals surface area (Å²) in [5, 5.41) is 4.96. The van der Waals surface area contributed by atoms with Crippen LogP contribution in [0.5, 0.6) is 0 Å². The molecule has 0 radical (unpaired) electrons. The van der Waals surface area contributed by atoms with E-state index in [-0.39, 0.29) is 24.7 Å². The number of hydrogen-bond acceptors (Lipinski definition) is 3. The molecular weight excluding hydrogens is 342 g/mol. The smallest absolute Gasteiger partial charge is 0.254 e. The average Bonchev–Trinajstić information content (AvgIpc) is 2.54. The first kappa shape index (κ1) is 19.2. The summed E-state index contributed by atoms with van der Waals surface area (Å²) in [6.07, 6.45) is -1.30. The predicted octanol–water partition coefficient (Wildman–Crippen LogP) is 1.54. The maximum absolute atomic E-state index is 13.5. The Hall–Kier alpha value is -2.16. The van der Waals surface area contributed by atoms with Crippen LogP contribution in [-0.4, -0.2) is 55.4 Å². The van der Waals surface area contributed by atoms with Crippen LogP contribution in [0.25, 0.3) is 0 Å². The number of hydrogen-bond donors (Lipinski definition) is 2. The van der Waals surface area contributed by atoms with Crippen molar-refractivity contribution in [3.05, 3.63) is 35.4 Å². The van der Waals surface area contributed by atoms with E-state index < -0.39 is 29.9 Å². The maximum Gasteiger partial charge on any atom is 0.254 e. The molecule has 0 unspecified atom stereocenters. The molecule has 9 heteroatoms. The van der Waals surface area contributed by atoms with Crippen LogP contribution in [0.2, 0.25) is 0 Å². The van der Waals surface area contributed by atoms with Gasteiger partial charge in [0.2, 0.25) is 5.91 Å². The number of carbonyl (C=O) groups excluding carboxylic acids is 2. The van der Waals surface area contributed by atoms with Crippen molar-refractivity contribution >= 4 is 11.8 Å². The Bertz CT molecular complexity index is 619. The SMILES string of the molecule is O=C(CNC(=O)c1ccc(F)cc1F)NC1CCN(CC(F)F)CC1. The van der Waals surface area contributed by atoms with Gasteiger partial charge in [-0.25, -0.2) is 17.6 Å². The Kier molecular flexibility index (Phi) is 6.74. The molecule has 0 spiro atoms. The lowest BCUT2D eigenvalue weighted by Crippen LogP contribution is -2.48. The number of likely N-dealkylation sites (tertiary alicyclic amines) is 1. The van der Waals surface area contributed by atoms with Crippen molar-refractivity contribution in [2.24, 2.45) is 0 Å². The molecule has 2 N–H and O–H groups in total. The van der Waals surface area contributed by atoms with Gasteiger partial charge in [-0.3, -0.25) is 14.5 Å². The van der Waals surface area contributed by atoms with Gasteiger partial charge < -0.3 is 10.6 Å². The van der Waals surface area contributed by atoms with Crippen molar-refractivity contribution in [3.8, 4) is 0 Å². The number of nitrogens with zero attached hydrogens (tertiary/aromatic N) is 1. The normalized spacial score (nSPS) is 16.0. The fraction of sp³-hybridized carbons (Fsp3) is 0.500. The molecule has 0 saturated carbocycles. The zero-order valence-electron chi connectivity index (χ0n) is 13.4. The summed E-state index contributed by atoms with van der Waals surface area (Å²) >= 11 is 0. The Balaban J connectivity index is 1.73. The van der Waals surface area contributed by atoms with Gasteiger partial charge in [-0.1, -0.05) is 0 Å². The molecule has 0 aliphatic carbocycles. The Morgan fingerprint density at radius 1 is 1.20 bits per heavy atom. The first-order valence-electron chi connectivity index (χ1n) is 7.88. The molecule has 1 heterocycles. The summed E-state index contributed by atoms with van der Waals surface area (Å²) in [6.45, 7) is 0.289. The number of nitrogens with one attached hydrogen (secondary N) is 2. The van der Waals surface area contributed by atoms with Crippen molar-refractivity contribution < 1.29 is 27.2 Å². The van der Waals surface area contributed by atoms with E-state index in [0.717, 1.165) is 12.1 Å². The Labute approximate surface area is 142 Å². The van der Waals surface area contributed by atoms with Crippen LogP contribution in [0, 0.1) is 11.6 Å². The lowest BCUT2D eigenvalue weighted by atomic mass is 10.1. The van der Waals surface area contributed by atoms with E-state index >= 15 is 0 Å². The number of alkyl halides is 2. The van der Waals surface area contributed by atoms with Crippen LogP contribution >= 0.6 is 0 Å². The summed E-state index contributed by atoms with van der Waals surface area (Å²) in [5.74, 6) is -3.09. The summed E-state index contributed by atoms with van der Waals surface area (Å²) in [5.41, 5.74) is -0.352. The molecule has 5 nitrogen and oxygen atoms in total. The molecule has 2 rings (SSSR count). The molecular formula is C16H19F4N3O2. The summed E-state index contributed by atoms with van der Waals surface area (Å²) in [4.78, 5) is 25.3. The standard InChI is InChI=1S/C16H19F4N3O2/c17-10-1-2-12(13(18)7-10)16(25)21-8-15(24)22-11-3-5-23(6-4-11)9-14(19)20/h1-2,7,11,14H,3-6,8-9H2,(H,21,25)(H,22,24). The van der Waals surface area contributed by atoms with E-state index in [1.165, 1.54) is 0 Å². The summed E-state index contributed by atoms with van der Waals surface area (Å²) in [6, 6.07) is 2.38. The highest BCUT2D eigenvalue weighted by Crippen LogP contribution is 2.12. The van der Waals surface area contributed by atoms with E-state index in [9.17, 15) is 27.2 Å². The van der Waals surface area contributed by atoms with Gasteiger partial charge in [-0.15, -0.1) is 0 Å². The predicted molar refractivity (Wildman–Crippen MR) is 82.3 cm³/mol. The topological polar surface area (TPSA) is 61.4 Å². The molecule has 1 fully saturated rings. The van der Waals surface area contributed by atoms with Crippen LogP contribution in [-0.2, 0) is 4.79 Å². The van der Waals surface area contributed by atoms with Crippen LogP contribution in [0.15, 0.2) is 18.2 Å². The van der Waals surface area contributed by atoms with E-state index in [2.05, 4.69) is 10.6 Å². The minimum Gasteiger partial charge on any atom is -0.352 e. The molecule has 138 valence electrons. The Morgan fingerprint density at radius 2 is 1.88 bits per heavy atom. The summed E-state index contributed by atoms with van der Waals surface area (Å²) in [7, 11) is 0. The number of rotatable bonds is 6. The number of piperidine rings is 1. The molecule has 0 bridgehead atoms. The molecule has 1 aliphatic heterocycles. The molecule has 1 saturated heterocycles. The highest BCUT2D eigenvalue weighted by molar-refractivity contribution is 5.96. The molecule has 1 aromatic carbocycles. The van der Waals surface area contributed by atoms with Gasteiger partial charge in [0.1, 0.15) is 11.6 Å². The molecule has 1 aromatic rings. The van der Waals surface area contributed by atoms with E-state index in [0.29, 0.717) is 32.0 Å². The monoisotopic (exact) mass is 361 g/mol. The minimum atomic E-state index is -2.38. The zero-order valence-corrected chi connectivity index (χ0v) is 13.4. The van der Waals surface area contributed by atoms with Gasteiger partial charge in [0.25, 0.3) is 12.3 Å². The third kappa shape index (κ3) is 6.00. The van der Waals surface area contributed by atoms with E-state index in [1.807, 2.05) is 0 Å².